The average molecular weight is 441 g/mol. The van der Waals surface area contributed by atoms with Gasteiger partial charge in [0, 0.05) is 38.4 Å². The first-order chi connectivity index (χ1) is 15.3. The molecule has 1 amide bonds. The summed E-state index contributed by atoms with van der Waals surface area (Å²) < 4.78 is 13.4. The fraction of sp³-hybridized carbons (Fsp3) is 0.640. The number of hydrogen-bond donors (Lipinski definition) is 0. The van der Waals surface area contributed by atoms with Gasteiger partial charge in [-0.3, -0.25) is 9.38 Å². The molecule has 2 saturated heterocycles. The van der Waals surface area contributed by atoms with E-state index in [2.05, 4.69) is 35.5 Å². The summed E-state index contributed by atoms with van der Waals surface area (Å²) in [6.07, 6.45) is 10.0. The lowest BCUT2D eigenvalue weighted by atomic mass is 9.88. The Labute approximate surface area is 190 Å². The summed E-state index contributed by atoms with van der Waals surface area (Å²) in [5, 5.41) is 0. The number of allylic oxidation sites excluding steroid dienone is 2. The summed E-state index contributed by atoms with van der Waals surface area (Å²) in [5.41, 5.74) is 4.89. The van der Waals surface area contributed by atoms with E-state index in [0.717, 1.165) is 68.2 Å². The molecule has 174 valence electrons. The van der Waals surface area contributed by atoms with E-state index >= 15 is 0 Å². The van der Waals surface area contributed by atoms with Crippen LogP contribution in [0.3, 0.4) is 0 Å². The van der Waals surface area contributed by atoms with E-state index in [9.17, 15) is 4.79 Å². The van der Waals surface area contributed by atoms with Gasteiger partial charge in [0.2, 0.25) is 0 Å². The lowest BCUT2D eigenvalue weighted by molar-refractivity contribution is 0.0197. The van der Waals surface area contributed by atoms with E-state index in [1.165, 1.54) is 5.57 Å². The van der Waals surface area contributed by atoms with E-state index in [0.29, 0.717) is 12.5 Å². The number of ether oxygens (including phenoxy) is 2. The molecule has 0 N–H and O–H groups in total. The SMILES string of the molecule is C/C=C(\c1c(C)ncc2nc(C3CCCN(C(=O)OC(C)(C)C)C3)cn12)C1CCOCC1. The smallest absolute Gasteiger partial charge is 0.410 e. The topological polar surface area (TPSA) is 69.0 Å². The van der Waals surface area contributed by atoms with Crippen LogP contribution >= 0.6 is 0 Å². The molecule has 4 heterocycles. The summed E-state index contributed by atoms with van der Waals surface area (Å²) in [5.74, 6) is 0.671. The Morgan fingerprint density at radius 2 is 2.00 bits per heavy atom. The molecular formula is C25H36N4O3. The van der Waals surface area contributed by atoms with Crippen molar-refractivity contribution in [3.8, 4) is 0 Å². The molecule has 0 radical (unpaired) electrons. The molecule has 32 heavy (non-hydrogen) atoms. The predicted octanol–water partition coefficient (Wildman–Crippen LogP) is 4.98. The number of nitrogens with zero attached hydrogens (tertiary/aromatic N) is 4. The summed E-state index contributed by atoms with van der Waals surface area (Å²) in [6.45, 7) is 12.9. The van der Waals surface area contributed by atoms with Crippen LogP contribution in [0.4, 0.5) is 4.79 Å². The van der Waals surface area contributed by atoms with Gasteiger partial charge in [-0.05, 0) is 71.8 Å². The lowest BCUT2D eigenvalue weighted by Crippen LogP contribution is -2.42. The zero-order chi connectivity index (χ0) is 22.9. The molecule has 0 spiro atoms. The molecule has 1 atom stereocenters. The molecule has 0 saturated carbocycles. The number of hydrogen-bond acceptors (Lipinski definition) is 5. The lowest BCUT2D eigenvalue weighted by Gasteiger charge is -2.33. The Balaban J connectivity index is 1.62. The van der Waals surface area contributed by atoms with Gasteiger partial charge >= 0.3 is 6.09 Å². The van der Waals surface area contributed by atoms with Crippen LogP contribution in [0.5, 0.6) is 0 Å². The number of imidazole rings is 1. The van der Waals surface area contributed by atoms with E-state index in [-0.39, 0.29) is 12.0 Å². The number of fused-ring (bicyclic) bond motifs is 1. The van der Waals surface area contributed by atoms with Crippen LogP contribution in [-0.4, -0.2) is 57.3 Å². The maximum atomic E-state index is 12.6. The van der Waals surface area contributed by atoms with E-state index in [1.54, 1.807) is 0 Å². The van der Waals surface area contributed by atoms with Gasteiger partial charge in [-0.15, -0.1) is 0 Å². The van der Waals surface area contributed by atoms with Crippen LogP contribution in [0, 0.1) is 12.8 Å². The molecule has 0 aliphatic carbocycles. The standard InChI is InChI=1S/C25H36N4O3/c1-6-20(18-9-12-31-13-10-18)23-17(2)26-14-22-27-21(16-29(22)23)19-8-7-11-28(15-19)24(30)32-25(3,4)5/h6,14,16,18-19H,7-13,15H2,1-5H3/b20-6-. The molecule has 7 nitrogen and oxygen atoms in total. The van der Waals surface area contributed by atoms with E-state index in [1.807, 2.05) is 31.9 Å². The predicted molar refractivity (Wildman–Crippen MR) is 125 cm³/mol. The fourth-order valence-corrected chi connectivity index (χ4v) is 4.90. The highest BCUT2D eigenvalue weighted by molar-refractivity contribution is 5.69. The van der Waals surface area contributed by atoms with Crippen molar-refractivity contribution >= 4 is 17.3 Å². The second kappa shape index (κ2) is 9.22. The molecule has 2 aliphatic rings. The van der Waals surface area contributed by atoms with E-state index < -0.39 is 5.60 Å². The summed E-state index contributed by atoms with van der Waals surface area (Å²) >= 11 is 0. The first kappa shape index (κ1) is 22.8. The normalized spacial score (nSPS) is 21.2. The Kier molecular flexibility index (Phi) is 6.56. The highest BCUT2D eigenvalue weighted by atomic mass is 16.6. The van der Waals surface area contributed by atoms with Crippen LogP contribution in [0.25, 0.3) is 11.2 Å². The maximum Gasteiger partial charge on any atom is 0.410 e. The van der Waals surface area contributed by atoms with Gasteiger partial charge in [-0.25, -0.2) is 9.78 Å². The largest absolute Gasteiger partial charge is 0.444 e. The van der Waals surface area contributed by atoms with Gasteiger partial charge < -0.3 is 14.4 Å². The molecular weight excluding hydrogens is 404 g/mol. The van der Waals surface area contributed by atoms with Crippen molar-refractivity contribution in [1.29, 1.82) is 0 Å². The Hall–Kier alpha value is -2.41. The van der Waals surface area contributed by atoms with Gasteiger partial charge in [0.1, 0.15) is 5.60 Å². The fourth-order valence-electron chi connectivity index (χ4n) is 4.90. The van der Waals surface area contributed by atoms with Crippen LogP contribution in [0.2, 0.25) is 0 Å². The van der Waals surface area contributed by atoms with Gasteiger partial charge in [-0.1, -0.05) is 6.08 Å². The highest BCUT2D eigenvalue weighted by Crippen LogP contribution is 2.34. The molecule has 0 aromatic carbocycles. The molecule has 1 unspecified atom stereocenters. The molecule has 0 bridgehead atoms. The van der Waals surface area contributed by atoms with Crippen molar-refractivity contribution in [2.24, 2.45) is 5.92 Å². The highest BCUT2D eigenvalue weighted by Gasteiger charge is 2.30. The minimum absolute atomic E-state index is 0.196. The minimum Gasteiger partial charge on any atom is -0.444 e. The average Bonchev–Trinajstić information content (AvgIpc) is 3.20. The van der Waals surface area contributed by atoms with Crippen molar-refractivity contribution < 1.29 is 14.3 Å². The molecule has 4 rings (SSSR count). The third-order valence-corrected chi connectivity index (χ3v) is 6.45. The van der Waals surface area contributed by atoms with Crippen LogP contribution in [0.15, 0.2) is 18.5 Å². The number of aromatic nitrogens is 3. The number of rotatable bonds is 3. The van der Waals surface area contributed by atoms with Crippen molar-refractivity contribution in [2.45, 2.75) is 71.8 Å². The third-order valence-electron chi connectivity index (χ3n) is 6.45. The number of amides is 1. The molecule has 2 fully saturated rings. The minimum atomic E-state index is -0.488. The summed E-state index contributed by atoms with van der Waals surface area (Å²) in [7, 11) is 0. The van der Waals surface area contributed by atoms with E-state index in [4.69, 9.17) is 14.5 Å². The first-order valence-corrected chi connectivity index (χ1v) is 11.8. The zero-order valence-electron chi connectivity index (χ0n) is 20.1. The number of carbonyl (C=O) groups is 1. The van der Waals surface area contributed by atoms with Crippen LogP contribution in [-0.2, 0) is 9.47 Å². The number of carbonyl (C=O) groups excluding carboxylic acids is 1. The van der Waals surface area contributed by atoms with Gasteiger partial charge in [0.25, 0.3) is 0 Å². The van der Waals surface area contributed by atoms with Crippen molar-refractivity contribution in [3.63, 3.8) is 0 Å². The van der Waals surface area contributed by atoms with Crippen molar-refractivity contribution in [3.05, 3.63) is 35.6 Å². The monoisotopic (exact) mass is 440 g/mol. The Morgan fingerprint density at radius 1 is 1.25 bits per heavy atom. The summed E-state index contributed by atoms with van der Waals surface area (Å²) in [4.78, 5) is 24.1. The number of piperidine rings is 1. The Morgan fingerprint density at radius 3 is 2.69 bits per heavy atom. The third kappa shape index (κ3) is 4.82. The van der Waals surface area contributed by atoms with Crippen molar-refractivity contribution in [2.75, 3.05) is 26.3 Å². The number of likely N-dealkylation sites (tertiary alicyclic amines) is 1. The quantitative estimate of drug-likeness (QED) is 0.673. The zero-order valence-corrected chi connectivity index (χ0v) is 20.1. The van der Waals surface area contributed by atoms with Crippen molar-refractivity contribution in [1.82, 2.24) is 19.3 Å². The molecule has 2 aromatic heterocycles. The van der Waals surface area contributed by atoms with Gasteiger partial charge in [0.15, 0.2) is 5.65 Å². The van der Waals surface area contributed by atoms with Gasteiger partial charge in [-0.2, -0.15) is 0 Å². The Bertz CT molecular complexity index is 999. The summed E-state index contributed by atoms with van der Waals surface area (Å²) in [6, 6.07) is 0. The van der Waals surface area contributed by atoms with Crippen LogP contribution in [0.1, 0.15) is 76.4 Å². The van der Waals surface area contributed by atoms with Crippen LogP contribution < -0.4 is 0 Å². The van der Waals surface area contributed by atoms with Gasteiger partial charge in [0.05, 0.1) is 23.3 Å². The molecule has 2 aromatic rings. The first-order valence-electron chi connectivity index (χ1n) is 11.8. The maximum absolute atomic E-state index is 12.6. The molecule has 7 heteroatoms. The second-order valence-corrected chi connectivity index (χ2v) is 9.98. The number of aryl methyl sites for hydroxylation is 1. The second-order valence-electron chi connectivity index (χ2n) is 9.98. The molecule has 2 aliphatic heterocycles.